The van der Waals surface area contributed by atoms with Crippen molar-refractivity contribution >= 4 is 5.91 Å². The van der Waals surface area contributed by atoms with Gasteiger partial charge in [0.25, 0.3) is 0 Å². The maximum atomic E-state index is 11.0. The van der Waals surface area contributed by atoms with Crippen molar-refractivity contribution in [2.24, 2.45) is 0 Å². The second kappa shape index (κ2) is 6.25. The van der Waals surface area contributed by atoms with Crippen LogP contribution in [0.3, 0.4) is 0 Å². The number of ether oxygens (including phenoxy) is 1. The SMILES string of the molecule is CNC(=O)CCOc1ccc(C)cc1C(C)O. The lowest BCUT2D eigenvalue weighted by Crippen LogP contribution is -2.20. The molecule has 17 heavy (non-hydrogen) atoms. The van der Waals surface area contributed by atoms with Crippen molar-refractivity contribution in [3.05, 3.63) is 29.3 Å². The summed E-state index contributed by atoms with van der Waals surface area (Å²) in [5, 5.41) is 12.2. The molecule has 4 heteroatoms. The van der Waals surface area contributed by atoms with E-state index in [1.165, 1.54) is 0 Å². The molecule has 0 radical (unpaired) electrons. The molecular formula is C13H19NO3. The first-order valence-corrected chi connectivity index (χ1v) is 5.66. The summed E-state index contributed by atoms with van der Waals surface area (Å²) in [6.45, 7) is 3.96. The zero-order valence-electron chi connectivity index (χ0n) is 10.5. The molecule has 0 spiro atoms. The normalized spacial score (nSPS) is 12.0. The van der Waals surface area contributed by atoms with Crippen LogP contribution in [0.1, 0.15) is 30.6 Å². The number of aliphatic hydroxyl groups excluding tert-OH is 1. The van der Waals surface area contributed by atoms with Crippen LogP contribution in [0, 0.1) is 6.92 Å². The molecule has 94 valence electrons. The highest BCUT2D eigenvalue weighted by atomic mass is 16.5. The average Bonchev–Trinajstić information content (AvgIpc) is 2.30. The van der Waals surface area contributed by atoms with Crippen LogP contribution < -0.4 is 10.1 Å². The number of aliphatic hydroxyl groups is 1. The van der Waals surface area contributed by atoms with Gasteiger partial charge in [-0.3, -0.25) is 4.79 Å². The molecule has 0 aliphatic rings. The quantitative estimate of drug-likeness (QED) is 0.817. The Morgan fingerprint density at radius 2 is 2.24 bits per heavy atom. The van der Waals surface area contributed by atoms with E-state index in [0.717, 1.165) is 11.1 Å². The lowest BCUT2D eigenvalue weighted by atomic mass is 10.1. The third kappa shape index (κ3) is 4.07. The Labute approximate surface area is 102 Å². The van der Waals surface area contributed by atoms with E-state index >= 15 is 0 Å². The minimum absolute atomic E-state index is 0.0595. The Balaban J connectivity index is 2.67. The summed E-state index contributed by atoms with van der Waals surface area (Å²) in [5.41, 5.74) is 1.82. The van der Waals surface area contributed by atoms with Crippen LogP contribution >= 0.6 is 0 Å². The van der Waals surface area contributed by atoms with Crippen molar-refractivity contribution in [2.45, 2.75) is 26.4 Å². The average molecular weight is 237 g/mol. The zero-order chi connectivity index (χ0) is 12.8. The highest BCUT2D eigenvalue weighted by molar-refractivity contribution is 5.75. The molecule has 1 unspecified atom stereocenters. The van der Waals surface area contributed by atoms with Crippen LogP contribution in [0.5, 0.6) is 5.75 Å². The molecule has 1 aromatic rings. The zero-order valence-corrected chi connectivity index (χ0v) is 10.5. The lowest BCUT2D eigenvalue weighted by molar-refractivity contribution is -0.121. The van der Waals surface area contributed by atoms with Crippen LogP contribution in [-0.2, 0) is 4.79 Å². The maximum absolute atomic E-state index is 11.0. The second-order valence-electron chi connectivity index (χ2n) is 3.99. The molecule has 0 fully saturated rings. The van der Waals surface area contributed by atoms with E-state index in [-0.39, 0.29) is 5.91 Å². The molecule has 0 saturated carbocycles. The Morgan fingerprint density at radius 3 is 2.82 bits per heavy atom. The summed E-state index contributed by atoms with van der Waals surface area (Å²) < 4.78 is 5.51. The van der Waals surface area contributed by atoms with E-state index in [0.29, 0.717) is 18.8 Å². The maximum Gasteiger partial charge on any atom is 0.223 e. The fourth-order valence-electron chi connectivity index (χ4n) is 1.50. The summed E-state index contributed by atoms with van der Waals surface area (Å²) in [7, 11) is 1.59. The third-order valence-electron chi connectivity index (χ3n) is 2.48. The summed E-state index contributed by atoms with van der Waals surface area (Å²) in [6, 6.07) is 5.63. The topological polar surface area (TPSA) is 58.6 Å². The van der Waals surface area contributed by atoms with Crippen LogP contribution in [0.2, 0.25) is 0 Å². The first kappa shape index (κ1) is 13.5. The number of carbonyl (C=O) groups is 1. The summed E-state index contributed by atoms with van der Waals surface area (Å²) in [6.07, 6.45) is -0.270. The standard InChI is InChI=1S/C13H19NO3/c1-9-4-5-12(11(8-9)10(2)15)17-7-6-13(16)14-3/h4-5,8,10,15H,6-7H2,1-3H3,(H,14,16). The van der Waals surface area contributed by atoms with Gasteiger partial charge in [0.1, 0.15) is 5.75 Å². The van der Waals surface area contributed by atoms with Gasteiger partial charge in [0, 0.05) is 12.6 Å². The first-order chi connectivity index (χ1) is 8.04. The number of rotatable bonds is 5. The van der Waals surface area contributed by atoms with Gasteiger partial charge in [0.2, 0.25) is 5.91 Å². The van der Waals surface area contributed by atoms with E-state index in [1.807, 2.05) is 25.1 Å². The lowest BCUT2D eigenvalue weighted by Gasteiger charge is -2.14. The van der Waals surface area contributed by atoms with Crippen molar-refractivity contribution < 1.29 is 14.6 Å². The van der Waals surface area contributed by atoms with Gasteiger partial charge in [-0.15, -0.1) is 0 Å². The molecular weight excluding hydrogens is 218 g/mol. The molecule has 1 atom stereocenters. The van der Waals surface area contributed by atoms with Crippen LogP contribution in [0.15, 0.2) is 18.2 Å². The van der Waals surface area contributed by atoms with Gasteiger partial charge >= 0.3 is 0 Å². The molecule has 0 heterocycles. The Bertz CT molecular complexity index is 388. The van der Waals surface area contributed by atoms with E-state index < -0.39 is 6.10 Å². The number of hydrogen-bond acceptors (Lipinski definition) is 3. The largest absolute Gasteiger partial charge is 0.493 e. The Hall–Kier alpha value is -1.55. The number of carbonyl (C=O) groups excluding carboxylic acids is 1. The molecule has 1 rings (SSSR count). The number of aryl methyl sites for hydroxylation is 1. The minimum Gasteiger partial charge on any atom is -0.493 e. The molecule has 0 aromatic heterocycles. The van der Waals surface area contributed by atoms with E-state index in [1.54, 1.807) is 14.0 Å². The predicted octanol–water partition coefficient (Wildman–Crippen LogP) is 1.56. The summed E-state index contributed by atoms with van der Waals surface area (Å²) in [4.78, 5) is 11.0. The van der Waals surface area contributed by atoms with E-state index in [4.69, 9.17) is 4.74 Å². The Kier molecular flexibility index (Phi) is 4.97. The van der Waals surface area contributed by atoms with E-state index in [2.05, 4.69) is 5.32 Å². The number of benzene rings is 1. The number of amides is 1. The minimum atomic E-state index is -0.579. The van der Waals surface area contributed by atoms with Crippen molar-refractivity contribution in [3.8, 4) is 5.75 Å². The molecule has 2 N–H and O–H groups in total. The van der Waals surface area contributed by atoms with Gasteiger partial charge < -0.3 is 15.2 Å². The van der Waals surface area contributed by atoms with Crippen LogP contribution in [0.25, 0.3) is 0 Å². The van der Waals surface area contributed by atoms with Gasteiger partial charge in [-0.2, -0.15) is 0 Å². The van der Waals surface area contributed by atoms with Gasteiger partial charge in [0.05, 0.1) is 19.1 Å². The van der Waals surface area contributed by atoms with Gasteiger partial charge in [-0.05, 0) is 26.0 Å². The number of nitrogens with one attached hydrogen (secondary N) is 1. The number of hydrogen-bond donors (Lipinski definition) is 2. The molecule has 1 aromatic carbocycles. The van der Waals surface area contributed by atoms with Crippen LogP contribution in [0.4, 0.5) is 0 Å². The van der Waals surface area contributed by atoms with Crippen molar-refractivity contribution in [3.63, 3.8) is 0 Å². The highest BCUT2D eigenvalue weighted by Crippen LogP contribution is 2.26. The molecule has 4 nitrogen and oxygen atoms in total. The fraction of sp³-hybridized carbons (Fsp3) is 0.462. The highest BCUT2D eigenvalue weighted by Gasteiger charge is 2.09. The second-order valence-corrected chi connectivity index (χ2v) is 3.99. The predicted molar refractivity (Wildman–Crippen MR) is 66.0 cm³/mol. The fourth-order valence-corrected chi connectivity index (χ4v) is 1.50. The summed E-state index contributed by atoms with van der Waals surface area (Å²) in [5.74, 6) is 0.574. The van der Waals surface area contributed by atoms with Gasteiger partial charge in [0.15, 0.2) is 0 Å². The smallest absolute Gasteiger partial charge is 0.223 e. The van der Waals surface area contributed by atoms with Crippen molar-refractivity contribution in [1.29, 1.82) is 0 Å². The first-order valence-electron chi connectivity index (χ1n) is 5.66. The Morgan fingerprint density at radius 1 is 1.53 bits per heavy atom. The van der Waals surface area contributed by atoms with Gasteiger partial charge in [-0.1, -0.05) is 11.6 Å². The molecule has 0 bridgehead atoms. The van der Waals surface area contributed by atoms with Crippen LogP contribution in [-0.4, -0.2) is 24.7 Å². The third-order valence-corrected chi connectivity index (χ3v) is 2.48. The molecule has 0 saturated heterocycles. The molecule has 0 aliphatic carbocycles. The van der Waals surface area contributed by atoms with E-state index in [9.17, 15) is 9.90 Å². The van der Waals surface area contributed by atoms with Crippen molar-refractivity contribution in [1.82, 2.24) is 5.32 Å². The molecule has 0 aliphatic heterocycles. The summed E-state index contributed by atoms with van der Waals surface area (Å²) >= 11 is 0. The van der Waals surface area contributed by atoms with Gasteiger partial charge in [-0.25, -0.2) is 0 Å². The van der Waals surface area contributed by atoms with Crippen molar-refractivity contribution in [2.75, 3.05) is 13.7 Å². The molecule has 1 amide bonds. The monoisotopic (exact) mass is 237 g/mol.